The maximum atomic E-state index is 12.5. The lowest BCUT2D eigenvalue weighted by Gasteiger charge is -2.31. The van der Waals surface area contributed by atoms with E-state index in [1.807, 2.05) is 13.8 Å². The van der Waals surface area contributed by atoms with Crippen molar-refractivity contribution in [3.63, 3.8) is 0 Å². The van der Waals surface area contributed by atoms with Crippen molar-refractivity contribution in [2.24, 2.45) is 11.1 Å². The molecule has 0 bridgehead atoms. The quantitative estimate of drug-likeness (QED) is 0.733. The van der Waals surface area contributed by atoms with Crippen molar-refractivity contribution in [3.8, 4) is 0 Å². The molecule has 0 aliphatic carbocycles. The highest BCUT2D eigenvalue weighted by Gasteiger charge is 2.41. The van der Waals surface area contributed by atoms with Crippen LogP contribution in [0, 0.1) is 5.41 Å². The van der Waals surface area contributed by atoms with E-state index in [0.29, 0.717) is 19.6 Å². The van der Waals surface area contributed by atoms with Crippen LogP contribution in [-0.4, -0.2) is 57.5 Å². The molecule has 0 spiro atoms. The summed E-state index contributed by atoms with van der Waals surface area (Å²) < 4.78 is 49.2. The zero-order valence-electron chi connectivity index (χ0n) is 11.8. The van der Waals surface area contributed by atoms with Crippen molar-refractivity contribution < 1.29 is 16.8 Å². The van der Waals surface area contributed by atoms with Crippen LogP contribution >= 0.6 is 0 Å². The summed E-state index contributed by atoms with van der Waals surface area (Å²) >= 11 is 0. The van der Waals surface area contributed by atoms with Gasteiger partial charge < -0.3 is 5.73 Å². The van der Waals surface area contributed by atoms with E-state index in [4.69, 9.17) is 5.73 Å². The molecule has 0 aromatic rings. The molecule has 6 nitrogen and oxygen atoms in total. The maximum Gasteiger partial charge on any atom is 0.218 e. The Balaban J connectivity index is 2.91. The molecule has 1 fully saturated rings. The first-order valence-corrected chi connectivity index (χ1v) is 9.76. The molecular formula is C11H24N2O4S2. The van der Waals surface area contributed by atoms with Crippen molar-refractivity contribution in [2.45, 2.75) is 32.4 Å². The molecular weight excluding hydrogens is 288 g/mol. The summed E-state index contributed by atoms with van der Waals surface area (Å²) in [5, 5.41) is -0.800. The molecule has 8 heteroatoms. The number of sulfonamides is 1. The van der Waals surface area contributed by atoms with Crippen LogP contribution in [0.1, 0.15) is 27.2 Å². The molecule has 2 N–H and O–H groups in total. The van der Waals surface area contributed by atoms with Gasteiger partial charge in [-0.05, 0) is 18.4 Å². The first kappa shape index (κ1) is 16.9. The number of hydrogen-bond donors (Lipinski definition) is 1. The van der Waals surface area contributed by atoms with Crippen molar-refractivity contribution in [1.29, 1.82) is 0 Å². The van der Waals surface area contributed by atoms with Gasteiger partial charge in [0.05, 0.1) is 16.8 Å². The maximum absolute atomic E-state index is 12.5. The smallest absolute Gasteiger partial charge is 0.218 e. The average Bonchev–Trinajstić information content (AvgIpc) is 2.67. The second-order valence-corrected chi connectivity index (χ2v) is 10.3. The minimum atomic E-state index is -3.57. The molecule has 0 amide bonds. The van der Waals surface area contributed by atoms with Crippen molar-refractivity contribution in [2.75, 3.05) is 31.1 Å². The van der Waals surface area contributed by atoms with Gasteiger partial charge in [0, 0.05) is 13.1 Å². The highest BCUT2D eigenvalue weighted by molar-refractivity contribution is 7.95. The normalized spacial score (nSPS) is 23.9. The fourth-order valence-corrected chi connectivity index (χ4v) is 6.86. The summed E-state index contributed by atoms with van der Waals surface area (Å²) in [6.07, 6.45) is 0.199. The van der Waals surface area contributed by atoms with E-state index >= 15 is 0 Å². The van der Waals surface area contributed by atoms with E-state index in [1.54, 1.807) is 6.92 Å². The largest absolute Gasteiger partial charge is 0.330 e. The minimum Gasteiger partial charge on any atom is -0.330 e. The van der Waals surface area contributed by atoms with Gasteiger partial charge in [-0.25, -0.2) is 21.1 Å². The molecule has 19 heavy (non-hydrogen) atoms. The third-order valence-electron chi connectivity index (χ3n) is 3.48. The highest BCUT2D eigenvalue weighted by atomic mass is 32.2. The van der Waals surface area contributed by atoms with Crippen LogP contribution in [0.2, 0.25) is 0 Å². The molecule has 1 atom stereocenters. The average molecular weight is 312 g/mol. The molecule has 0 aromatic heterocycles. The predicted octanol–water partition coefficient (Wildman–Crippen LogP) is -0.190. The highest BCUT2D eigenvalue weighted by Crippen LogP contribution is 2.25. The summed E-state index contributed by atoms with van der Waals surface area (Å²) in [5.41, 5.74) is 5.31. The fraction of sp³-hybridized carbons (Fsp3) is 1.00. The second kappa shape index (κ2) is 5.67. The summed E-state index contributed by atoms with van der Waals surface area (Å²) in [6, 6.07) is 0. The zero-order valence-corrected chi connectivity index (χ0v) is 13.4. The van der Waals surface area contributed by atoms with Gasteiger partial charge in [0.2, 0.25) is 10.0 Å². The molecule has 1 saturated heterocycles. The minimum absolute atomic E-state index is 0.0330. The Bertz CT molecular complexity index is 511. The lowest BCUT2D eigenvalue weighted by molar-refractivity contribution is 0.271. The Labute approximate surface area is 116 Å². The first-order valence-electron chi connectivity index (χ1n) is 6.43. The summed E-state index contributed by atoms with van der Waals surface area (Å²) in [5.74, 6) is -0.288. The number of nitrogens with two attached hydrogens (primary N) is 1. The van der Waals surface area contributed by atoms with Crippen molar-refractivity contribution >= 4 is 19.9 Å². The van der Waals surface area contributed by atoms with Gasteiger partial charge in [0.25, 0.3) is 0 Å². The van der Waals surface area contributed by atoms with Crippen LogP contribution in [0.15, 0.2) is 0 Å². The van der Waals surface area contributed by atoms with Crippen molar-refractivity contribution in [3.05, 3.63) is 0 Å². The van der Waals surface area contributed by atoms with Gasteiger partial charge in [0.15, 0.2) is 9.84 Å². The Kier molecular flexibility index (Phi) is 5.03. The molecule has 114 valence electrons. The Morgan fingerprint density at radius 1 is 1.37 bits per heavy atom. The summed E-state index contributed by atoms with van der Waals surface area (Å²) in [6.45, 7) is 6.59. The monoisotopic (exact) mass is 312 g/mol. The van der Waals surface area contributed by atoms with Gasteiger partial charge >= 0.3 is 0 Å². The Morgan fingerprint density at radius 2 is 1.95 bits per heavy atom. The molecule has 0 aromatic carbocycles. The van der Waals surface area contributed by atoms with E-state index in [2.05, 4.69) is 0 Å². The third-order valence-corrected chi connectivity index (χ3v) is 7.81. The molecule has 0 radical (unpaired) electrons. The van der Waals surface area contributed by atoms with E-state index in [1.165, 1.54) is 4.31 Å². The lowest BCUT2D eigenvalue weighted by atomic mass is 9.94. The summed E-state index contributed by atoms with van der Waals surface area (Å²) in [7, 11) is -6.77. The van der Waals surface area contributed by atoms with E-state index in [9.17, 15) is 16.8 Å². The number of nitrogens with zero attached hydrogens (tertiary/aromatic N) is 1. The van der Waals surface area contributed by atoms with Crippen LogP contribution in [0.4, 0.5) is 0 Å². The Morgan fingerprint density at radius 3 is 2.32 bits per heavy atom. The summed E-state index contributed by atoms with van der Waals surface area (Å²) in [4.78, 5) is 0. The van der Waals surface area contributed by atoms with Crippen molar-refractivity contribution in [1.82, 2.24) is 4.31 Å². The lowest BCUT2D eigenvalue weighted by Crippen LogP contribution is -2.45. The predicted molar refractivity (Wildman–Crippen MR) is 76.1 cm³/mol. The standard InChI is InChI=1S/C11H24N2O4S2/c1-4-13(9-11(2,3)8-12)19(16,17)10-5-6-18(14,15)7-10/h10H,4-9,12H2,1-3H3. The van der Waals surface area contributed by atoms with Crippen LogP contribution < -0.4 is 5.73 Å². The SMILES string of the molecule is CCN(CC(C)(C)CN)S(=O)(=O)C1CCS(=O)(=O)C1. The molecule has 1 unspecified atom stereocenters. The van der Waals surface area contributed by atoms with E-state index < -0.39 is 25.1 Å². The topological polar surface area (TPSA) is 97.5 Å². The molecule has 1 heterocycles. The third kappa shape index (κ3) is 4.14. The van der Waals surface area contributed by atoms with Gasteiger partial charge in [-0.15, -0.1) is 0 Å². The first-order chi connectivity index (χ1) is 8.54. The van der Waals surface area contributed by atoms with Gasteiger partial charge in [-0.1, -0.05) is 20.8 Å². The molecule has 1 aliphatic rings. The van der Waals surface area contributed by atoms with Crippen LogP contribution in [0.25, 0.3) is 0 Å². The van der Waals surface area contributed by atoms with Gasteiger partial charge in [-0.3, -0.25) is 0 Å². The van der Waals surface area contributed by atoms with Crippen LogP contribution in [0.3, 0.4) is 0 Å². The van der Waals surface area contributed by atoms with Crippen LogP contribution in [0.5, 0.6) is 0 Å². The molecule has 1 aliphatic heterocycles. The number of rotatable bonds is 6. The molecule has 0 saturated carbocycles. The van der Waals surface area contributed by atoms with Gasteiger partial charge in [0.1, 0.15) is 0 Å². The van der Waals surface area contributed by atoms with Crippen LogP contribution in [-0.2, 0) is 19.9 Å². The number of hydrogen-bond acceptors (Lipinski definition) is 5. The number of sulfone groups is 1. The van der Waals surface area contributed by atoms with Gasteiger partial charge in [-0.2, -0.15) is 0 Å². The van der Waals surface area contributed by atoms with E-state index in [0.717, 1.165) is 0 Å². The fourth-order valence-electron chi connectivity index (χ4n) is 2.13. The van der Waals surface area contributed by atoms with E-state index in [-0.39, 0.29) is 23.3 Å². The molecule has 1 rings (SSSR count). The zero-order chi connectivity index (χ0) is 14.9. The second-order valence-electron chi connectivity index (χ2n) is 5.86. The Hall–Kier alpha value is -0.180.